The number of hydrogen-bond donors (Lipinski definition) is 0. The van der Waals surface area contributed by atoms with Crippen molar-refractivity contribution in [1.29, 1.82) is 0 Å². The maximum Gasteiger partial charge on any atom is 0.297 e. The third-order valence-electron chi connectivity index (χ3n) is 6.61. The highest BCUT2D eigenvalue weighted by molar-refractivity contribution is 7.22. The maximum atomic E-state index is 13.9. The van der Waals surface area contributed by atoms with E-state index in [1.54, 1.807) is 37.4 Å². The van der Waals surface area contributed by atoms with E-state index in [2.05, 4.69) is 13.0 Å². The van der Waals surface area contributed by atoms with Crippen LogP contribution in [0.5, 0.6) is 11.5 Å². The molecule has 1 aliphatic heterocycles. The SMILES string of the molecule is CCc1ccc2nc(N3C(=O)c4oc5ccc(Cl)cc5c(=O)c4[C@@H]3c3ccc(OC)c(OC)c3)sc2c1. The molecule has 6 rings (SSSR count). The van der Waals surface area contributed by atoms with E-state index in [-0.39, 0.29) is 16.8 Å². The number of halogens is 1. The molecule has 0 radical (unpaired) electrons. The monoisotopic (exact) mass is 532 g/mol. The second kappa shape index (κ2) is 8.90. The van der Waals surface area contributed by atoms with Crippen LogP contribution in [-0.2, 0) is 6.42 Å². The van der Waals surface area contributed by atoms with Crippen LogP contribution in [0.4, 0.5) is 5.13 Å². The fraction of sp³-hybridized carbons (Fsp3) is 0.179. The third kappa shape index (κ3) is 3.67. The van der Waals surface area contributed by atoms with Gasteiger partial charge in [0.2, 0.25) is 5.76 Å². The van der Waals surface area contributed by atoms with Crippen LogP contribution in [0.15, 0.2) is 63.8 Å². The van der Waals surface area contributed by atoms with Crippen molar-refractivity contribution in [3.8, 4) is 11.5 Å². The molecule has 186 valence electrons. The van der Waals surface area contributed by atoms with Crippen molar-refractivity contribution in [2.45, 2.75) is 19.4 Å². The van der Waals surface area contributed by atoms with Gasteiger partial charge < -0.3 is 13.9 Å². The zero-order valence-corrected chi connectivity index (χ0v) is 21.8. The highest BCUT2D eigenvalue weighted by Crippen LogP contribution is 2.45. The standard InChI is InChI=1S/C28H21ClN2O5S/c1-4-14-5-8-18-22(11-14)37-28(30-18)31-24(15-6-9-20(34-2)21(12-15)35-3)23-25(32)17-13-16(29)7-10-19(17)36-26(23)27(31)33/h5-13,24H,4H2,1-3H3/t24-/m0/s1. The highest BCUT2D eigenvalue weighted by atomic mass is 35.5. The Hall–Kier alpha value is -3.88. The minimum absolute atomic E-state index is 0.00638. The Labute approximate surface area is 220 Å². The Morgan fingerprint density at radius 2 is 1.84 bits per heavy atom. The van der Waals surface area contributed by atoms with Crippen molar-refractivity contribution in [1.82, 2.24) is 4.98 Å². The minimum Gasteiger partial charge on any atom is -0.493 e. The number of rotatable bonds is 5. The number of thiazole rings is 1. The molecule has 0 unspecified atom stereocenters. The second-order valence-electron chi connectivity index (χ2n) is 8.66. The molecule has 1 aliphatic rings. The van der Waals surface area contributed by atoms with Gasteiger partial charge in [0.25, 0.3) is 5.91 Å². The van der Waals surface area contributed by atoms with Crippen LogP contribution in [-0.4, -0.2) is 25.1 Å². The lowest BCUT2D eigenvalue weighted by Gasteiger charge is -2.23. The quantitative estimate of drug-likeness (QED) is 0.261. The Morgan fingerprint density at radius 3 is 2.59 bits per heavy atom. The Kier molecular flexibility index (Phi) is 5.66. The van der Waals surface area contributed by atoms with Gasteiger partial charge in [-0.15, -0.1) is 0 Å². The molecule has 3 heterocycles. The number of carbonyl (C=O) groups excluding carboxylic acids is 1. The van der Waals surface area contributed by atoms with Gasteiger partial charge in [0.15, 0.2) is 22.1 Å². The molecular formula is C28H21ClN2O5S. The summed E-state index contributed by atoms with van der Waals surface area (Å²) < 4.78 is 17.9. The molecule has 1 atom stereocenters. The predicted molar refractivity (Wildman–Crippen MR) is 145 cm³/mol. The fourth-order valence-corrected chi connectivity index (χ4v) is 5.99. The summed E-state index contributed by atoms with van der Waals surface area (Å²) in [6, 6.07) is 15.4. The molecule has 0 saturated heterocycles. The van der Waals surface area contributed by atoms with Crippen molar-refractivity contribution in [3.05, 3.63) is 92.3 Å². The van der Waals surface area contributed by atoms with Gasteiger partial charge in [-0.3, -0.25) is 14.5 Å². The van der Waals surface area contributed by atoms with Gasteiger partial charge in [0, 0.05) is 5.02 Å². The number of aromatic nitrogens is 1. The van der Waals surface area contributed by atoms with Crippen LogP contribution in [0.2, 0.25) is 5.02 Å². The molecule has 9 heteroatoms. The number of nitrogens with zero attached hydrogens (tertiary/aromatic N) is 2. The fourth-order valence-electron chi connectivity index (χ4n) is 4.76. The lowest BCUT2D eigenvalue weighted by Crippen LogP contribution is -2.29. The van der Waals surface area contributed by atoms with Gasteiger partial charge in [-0.2, -0.15) is 0 Å². The molecule has 0 fully saturated rings. The van der Waals surface area contributed by atoms with Crippen LogP contribution in [0, 0.1) is 0 Å². The van der Waals surface area contributed by atoms with E-state index < -0.39 is 11.9 Å². The molecule has 7 nitrogen and oxygen atoms in total. The lowest BCUT2D eigenvalue weighted by molar-refractivity contribution is 0.0971. The first kappa shape index (κ1) is 23.5. The average molecular weight is 533 g/mol. The molecule has 1 amide bonds. The molecule has 0 saturated carbocycles. The van der Waals surface area contributed by atoms with Crippen molar-refractivity contribution in [2.75, 3.05) is 19.1 Å². The molecule has 37 heavy (non-hydrogen) atoms. The number of aryl methyl sites for hydroxylation is 1. The Bertz CT molecular complexity index is 1780. The molecule has 0 aliphatic carbocycles. The second-order valence-corrected chi connectivity index (χ2v) is 10.1. The molecule has 3 aromatic carbocycles. The summed E-state index contributed by atoms with van der Waals surface area (Å²) in [7, 11) is 3.09. The summed E-state index contributed by atoms with van der Waals surface area (Å²) >= 11 is 7.59. The van der Waals surface area contributed by atoms with Crippen LogP contribution >= 0.6 is 22.9 Å². The van der Waals surface area contributed by atoms with E-state index >= 15 is 0 Å². The van der Waals surface area contributed by atoms with Crippen molar-refractivity contribution in [2.24, 2.45) is 0 Å². The topological polar surface area (TPSA) is 81.9 Å². The first-order valence-corrected chi connectivity index (χ1v) is 12.8. The van der Waals surface area contributed by atoms with Crippen molar-refractivity contribution >= 4 is 55.2 Å². The summed E-state index contributed by atoms with van der Waals surface area (Å²) in [6.07, 6.45) is 0.888. The number of ether oxygens (including phenoxy) is 2. The van der Waals surface area contributed by atoms with Gasteiger partial charge in [0.05, 0.1) is 41.4 Å². The molecule has 5 aromatic rings. The number of hydrogen-bond acceptors (Lipinski definition) is 7. The molecule has 0 N–H and O–H groups in total. The maximum absolute atomic E-state index is 13.9. The van der Waals surface area contributed by atoms with Crippen LogP contribution in [0.1, 0.15) is 40.2 Å². The first-order valence-electron chi connectivity index (χ1n) is 11.6. The molecule has 0 spiro atoms. The smallest absolute Gasteiger partial charge is 0.297 e. The Morgan fingerprint density at radius 1 is 1.03 bits per heavy atom. The summed E-state index contributed by atoms with van der Waals surface area (Å²) in [5.41, 5.74) is 2.83. The highest BCUT2D eigenvalue weighted by Gasteiger charge is 2.45. The van der Waals surface area contributed by atoms with Gasteiger partial charge in [-0.05, 0) is 60.0 Å². The lowest BCUT2D eigenvalue weighted by atomic mass is 9.98. The third-order valence-corrected chi connectivity index (χ3v) is 7.86. The zero-order valence-electron chi connectivity index (χ0n) is 20.2. The van der Waals surface area contributed by atoms with Gasteiger partial charge in [0.1, 0.15) is 5.58 Å². The largest absolute Gasteiger partial charge is 0.493 e. The van der Waals surface area contributed by atoms with Crippen LogP contribution in [0.25, 0.3) is 21.2 Å². The van der Waals surface area contributed by atoms with E-state index in [1.165, 1.54) is 28.9 Å². The van der Waals surface area contributed by atoms with Crippen LogP contribution in [0.3, 0.4) is 0 Å². The summed E-state index contributed by atoms with van der Waals surface area (Å²) in [6.45, 7) is 2.09. The minimum atomic E-state index is -0.784. The first-order chi connectivity index (χ1) is 17.9. The summed E-state index contributed by atoms with van der Waals surface area (Å²) in [5.74, 6) is 0.573. The number of benzene rings is 3. The van der Waals surface area contributed by atoms with Crippen LogP contribution < -0.4 is 19.8 Å². The Balaban J connectivity index is 1.62. The van der Waals surface area contributed by atoms with Gasteiger partial charge >= 0.3 is 0 Å². The van der Waals surface area contributed by atoms with E-state index in [4.69, 9.17) is 30.5 Å². The number of carbonyl (C=O) groups is 1. The molecule has 2 aromatic heterocycles. The number of anilines is 1. The van der Waals surface area contributed by atoms with E-state index in [1.807, 2.05) is 18.2 Å². The van der Waals surface area contributed by atoms with Crippen molar-refractivity contribution < 1.29 is 18.7 Å². The number of fused-ring (bicyclic) bond motifs is 3. The molecule has 0 bridgehead atoms. The average Bonchev–Trinajstić information content (AvgIpc) is 3.46. The normalized spacial score (nSPS) is 15.0. The van der Waals surface area contributed by atoms with Crippen molar-refractivity contribution in [3.63, 3.8) is 0 Å². The van der Waals surface area contributed by atoms with E-state index in [0.717, 1.165) is 16.6 Å². The van der Waals surface area contributed by atoms with Gasteiger partial charge in [-0.25, -0.2) is 4.98 Å². The van der Waals surface area contributed by atoms with E-state index in [9.17, 15) is 9.59 Å². The van der Waals surface area contributed by atoms with Gasteiger partial charge in [-0.1, -0.05) is 42.0 Å². The molecular weight excluding hydrogens is 512 g/mol. The zero-order chi connectivity index (χ0) is 25.8. The number of methoxy groups -OCH3 is 2. The summed E-state index contributed by atoms with van der Waals surface area (Å²) in [5, 5.41) is 1.19. The predicted octanol–water partition coefficient (Wildman–Crippen LogP) is 6.39. The summed E-state index contributed by atoms with van der Waals surface area (Å²) in [4.78, 5) is 34.0. The van der Waals surface area contributed by atoms with E-state index in [0.29, 0.717) is 38.2 Å². The number of amides is 1.